The minimum absolute atomic E-state index is 0.0791. The smallest absolute Gasteiger partial charge is 0.122 e. The molecular weight excluding hydrogens is 280 g/mol. The monoisotopic (exact) mass is 300 g/mol. The summed E-state index contributed by atoms with van der Waals surface area (Å²) < 4.78 is 6.19. The molecule has 2 aromatic rings. The first-order valence-corrected chi connectivity index (χ1v) is 8.60. The lowest BCUT2D eigenvalue weighted by molar-refractivity contribution is -0.0514. The quantitative estimate of drug-likeness (QED) is 0.932. The van der Waals surface area contributed by atoms with Gasteiger partial charge in [-0.1, -0.05) is 60.7 Å². The van der Waals surface area contributed by atoms with Crippen LogP contribution in [0.4, 0.5) is 0 Å². The van der Waals surface area contributed by atoms with Gasteiger partial charge in [0.1, 0.15) is 11.7 Å². The predicted octanol–water partition coefficient (Wildman–Crippen LogP) is 3.77. The third-order valence-corrected chi connectivity index (χ3v) is 4.73. The molecule has 0 spiro atoms. The highest BCUT2D eigenvalue weighted by Gasteiger charge is 2.48. The summed E-state index contributed by atoms with van der Waals surface area (Å²) in [6.07, 6.45) is 2.48. The van der Waals surface area contributed by atoms with Crippen LogP contribution in [0.15, 0.2) is 60.7 Å². The Hall–Kier alpha value is -1.29. The Morgan fingerprint density at radius 3 is 2.33 bits per heavy atom. The summed E-state index contributed by atoms with van der Waals surface area (Å²) in [6, 6.07) is 19.9. The van der Waals surface area contributed by atoms with E-state index in [1.165, 1.54) is 0 Å². The van der Waals surface area contributed by atoms with Gasteiger partial charge in [0.15, 0.2) is 0 Å². The van der Waals surface area contributed by atoms with Crippen molar-refractivity contribution in [1.82, 2.24) is 0 Å². The van der Waals surface area contributed by atoms with Crippen LogP contribution in [0.25, 0.3) is 0 Å². The fourth-order valence-electron chi connectivity index (χ4n) is 3.07. The Bertz CT molecular complexity index is 572. The summed E-state index contributed by atoms with van der Waals surface area (Å²) in [6.45, 7) is 0. The molecule has 0 amide bonds. The standard InChI is InChI=1S/C18H20O2S/c1-21-13-16-12-18(19,15-10-6-3-7-11-15)17(20-16)14-8-4-2-5-9-14/h2-11,16-17,19H,12-13H2,1H3/t16-,17+,18-/m1/s1. The first kappa shape index (κ1) is 14.6. The molecule has 21 heavy (non-hydrogen) atoms. The number of aliphatic hydroxyl groups is 1. The summed E-state index contributed by atoms with van der Waals surface area (Å²) in [5, 5.41) is 11.3. The van der Waals surface area contributed by atoms with Crippen molar-refractivity contribution in [3.63, 3.8) is 0 Å². The van der Waals surface area contributed by atoms with Crippen molar-refractivity contribution in [2.45, 2.75) is 24.2 Å². The van der Waals surface area contributed by atoms with Crippen molar-refractivity contribution < 1.29 is 9.84 Å². The molecule has 0 radical (unpaired) electrons. The van der Waals surface area contributed by atoms with Gasteiger partial charge in [0.25, 0.3) is 0 Å². The second-order valence-corrected chi connectivity index (χ2v) is 6.41. The Kier molecular flexibility index (Phi) is 4.34. The maximum absolute atomic E-state index is 11.3. The van der Waals surface area contributed by atoms with Crippen LogP contribution in [0.1, 0.15) is 23.7 Å². The summed E-state index contributed by atoms with van der Waals surface area (Å²) in [5.74, 6) is 0.901. The van der Waals surface area contributed by atoms with Crippen LogP contribution < -0.4 is 0 Å². The summed E-state index contributed by atoms with van der Waals surface area (Å²) in [7, 11) is 0. The van der Waals surface area contributed by atoms with Gasteiger partial charge >= 0.3 is 0 Å². The topological polar surface area (TPSA) is 29.5 Å². The number of rotatable bonds is 4. The van der Waals surface area contributed by atoms with E-state index in [4.69, 9.17) is 4.74 Å². The zero-order valence-corrected chi connectivity index (χ0v) is 12.9. The Balaban J connectivity index is 1.99. The highest BCUT2D eigenvalue weighted by atomic mass is 32.2. The van der Waals surface area contributed by atoms with Crippen molar-refractivity contribution >= 4 is 11.8 Å². The van der Waals surface area contributed by atoms with E-state index < -0.39 is 5.60 Å². The summed E-state index contributed by atoms with van der Waals surface area (Å²) in [5.41, 5.74) is 1.01. The van der Waals surface area contributed by atoms with Crippen molar-refractivity contribution in [3.05, 3.63) is 71.8 Å². The Morgan fingerprint density at radius 1 is 1.10 bits per heavy atom. The van der Waals surface area contributed by atoms with E-state index in [9.17, 15) is 5.11 Å². The van der Waals surface area contributed by atoms with E-state index in [1.54, 1.807) is 11.8 Å². The first-order valence-electron chi connectivity index (χ1n) is 7.21. The molecule has 1 N–H and O–H groups in total. The SMILES string of the molecule is CSC[C@H]1C[C@@](O)(c2ccccc2)[C@H](c2ccccc2)O1. The molecule has 2 aromatic carbocycles. The van der Waals surface area contributed by atoms with E-state index in [-0.39, 0.29) is 12.2 Å². The van der Waals surface area contributed by atoms with E-state index in [2.05, 4.69) is 6.26 Å². The van der Waals surface area contributed by atoms with Gasteiger partial charge in [-0.05, 0) is 17.4 Å². The highest BCUT2D eigenvalue weighted by Crippen LogP contribution is 2.48. The van der Waals surface area contributed by atoms with Gasteiger partial charge in [-0.15, -0.1) is 0 Å². The van der Waals surface area contributed by atoms with Crippen LogP contribution in [0.2, 0.25) is 0 Å². The summed E-state index contributed by atoms with van der Waals surface area (Å²) >= 11 is 1.76. The van der Waals surface area contributed by atoms with E-state index in [0.717, 1.165) is 16.9 Å². The molecular formula is C18H20O2S. The molecule has 0 unspecified atom stereocenters. The third kappa shape index (κ3) is 2.86. The predicted molar refractivity (Wildman–Crippen MR) is 87.4 cm³/mol. The molecule has 1 aliphatic rings. The zero-order valence-electron chi connectivity index (χ0n) is 12.1. The lowest BCUT2D eigenvalue weighted by Gasteiger charge is -2.29. The average Bonchev–Trinajstić information content (AvgIpc) is 2.87. The molecule has 3 atom stereocenters. The van der Waals surface area contributed by atoms with Crippen LogP contribution in [0, 0.1) is 0 Å². The molecule has 0 bridgehead atoms. The minimum Gasteiger partial charge on any atom is -0.382 e. The van der Waals surface area contributed by atoms with Crippen LogP contribution in [0.5, 0.6) is 0 Å². The molecule has 1 aliphatic heterocycles. The Labute approximate surface area is 130 Å². The van der Waals surface area contributed by atoms with Gasteiger partial charge in [-0.3, -0.25) is 0 Å². The average molecular weight is 300 g/mol. The van der Waals surface area contributed by atoms with Crippen LogP contribution in [0.3, 0.4) is 0 Å². The van der Waals surface area contributed by atoms with E-state index in [1.807, 2.05) is 60.7 Å². The number of ether oxygens (including phenoxy) is 1. The lowest BCUT2D eigenvalue weighted by Crippen LogP contribution is -2.29. The van der Waals surface area contributed by atoms with Gasteiger partial charge in [-0.2, -0.15) is 11.8 Å². The van der Waals surface area contributed by atoms with Gasteiger partial charge in [0.05, 0.1) is 6.10 Å². The normalized spacial score (nSPS) is 28.7. The molecule has 0 aliphatic carbocycles. The molecule has 0 aromatic heterocycles. The van der Waals surface area contributed by atoms with Crippen molar-refractivity contribution in [2.24, 2.45) is 0 Å². The number of benzene rings is 2. The molecule has 1 saturated heterocycles. The van der Waals surface area contributed by atoms with Gasteiger partial charge in [-0.25, -0.2) is 0 Å². The third-order valence-electron chi connectivity index (χ3n) is 4.03. The molecule has 110 valence electrons. The number of thioether (sulfide) groups is 1. The molecule has 3 heteroatoms. The summed E-state index contributed by atoms with van der Waals surface area (Å²) in [4.78, 5) is 0. The second-order valence-electron chi connectivity index (χ2n) is 5.50. The fraction of sp³-hybridized carbons (Fsp3) is 0.333. The van der Waals surface area contributed by atoms with E-state index in [0.29, 0.717) is 6.42 Å². The molecule has 0 saturated carbocycles. The van der Waals surface area contributed by atoms with E-state index >= 15 is 0 Å². The van der Waals surface area contributed by atoms with Crippen molar-refractivity contribution in [3.8, 4) is 0 Å². The minimum atomic E-state index is -0.955. The van der Waals surface area contributed by atoms with Gasteiger partial charge < -0.3 is 9.84 Å². The maximum Gasteiger partial charge on any atom is 0.122 e. The molecule has 3 rings (SSSR count). The lowest BCUT2D eigenvalue weighted by atomic mass is 9.83. The molecule has 2 nitrogen and oxygen atoms in total. The number of hydrogen-bond acceptors (Lipinski definition) is 3. The molecule has 1 heterocycles. The Morgan fingerprint density at radius 2 is 1.71 bits per heavy atom. The maximum atomic E-state index is 11.3. The first-order chi connectivity index (χ1) is 10.2. The van der Waals surface area contributed by atoms with Crippen molar-refractivity contribution in [2.75, 3.05) is 12.0 Å². The fourth-order valence-corrected chi connectivity index (χ4v) is 3.64. The zero-order chi connectivity index (χ0) is 14.7. The van der Waals surface area contributed by atoms with Crippen LogP contribution in [-0.2, 0) is 10.3 Å². The van der Waals surface area contributed by atoms with Gasteiger partial charge in [0.2, 0.25) is 0 Å². The molecule has 1 fully saturated rings. The highest BCUT2D eigenvalue weighted by molar-refractivity contribution is 7.98. The van der Waals surface area contributed by atoms with Gasteiger partial charge in [0, 0.05) is 12.2 Å². The van der Waals surface area contributed by atoms with Crippen molar-refractivity contribution in [1.29, 1.82) is 0 Å². The second kappa shape index (κ2) is 6.22. The van der Waals surface area contributed by atoms with Crippen LogP contribution >= 0.6 is 11.8 Å². The van der Waals surface area contributed by atoms with Crippen LogP contribution in [-0.4, -0.2) is 23.2 Å². The largest absolute Gasteiger partial charge is 0.382 e. The number of hydrogen-bond donors (Lipinski definition) is 1.